The topological polar surface area (TPSA) is 60.9 Å². The number of hydrogen-bond acceptors (Lipinski definition) is 4. The number of hydrogen-bond donors (Lipinski definition) is 1. The van der Waals surface area contributed by atoms with Crippen LogP contribution in [0.25, 0.3) is 0 Å². The van der Waals surface area contributed by atoms with Crippen molar-refractivity contribution in [2.75, 3.05) is 36.8 Å². The Hall–Kier alpha value is -1.97. The lowest BCUT2D eigenvalue weighted by Crippen LogP contribution is -2.44. The molecule has 1 amide bonds. The second-order valence-electron chi connectivity index (χ2n) is 4.60. The minimum absolute atomic E-state index is 0.00943. The number of fused-ring (bicyclic) bond motifs is 1. The number of carbonyl (C=O) groups excluding carboxylic acids is 1. The Kier molecular flexibility index (Phi) is 5.26. The summed E-state index contributed by atoms with van der Waals surface area (Å²) < 4.78 is 0. The van der Waals surface area contributed by atoms with Crippen molar-refractivity contribution in [3.8, 4) is 12.3 Å². The summed E-state index contributed by atoms with van der Waals surface area (Å²) in [6.07, 6.45) is 5.22. The van der Waals surface area contributed by atoms with Gasteiger partial charge in [0.25, 0.3) is 0 Å². The fourth-order valence-electron chi connectivity index (χ4n) is 2.19. The predicted molar refractivity (Wildman–Crippen MR) is 82.4 cm³/mol. The quantitative estimate of drug-likeness (QED) is 0.827. The minimum atomic E-state index is -0.993. The van der Waals surface area contributed by atoms with Gasteiger partial charge in [-0.3, -0.25) is 14.5 Å². The summed E-state index contributed by atoms with van der Waals surface area (Å²) in [7, 11) is 0. The van der Waals surface area contributed by atoms with Crippen molar-refractivity contribution in [3.05, 3.63) is 24.3 Å². The Morgan fingerprint density at radius 3 is 2.86 bits per heavy atom. The number of carboxylic acid groups (broad SMARTS) is 1. The number of nitrogens with zero attached hydrogens (tertiary/aromatic N) is 2. The van der Waals surface area contributed by atoms with Gasteiger partial charge in [0.1, 0.15) is 0 Å². The van der Waals surface area contributed by atoms with E-state index in [4.69, 9.17) is 11.5 Å². The molecule has 1 aromatic rings. The summed E-state index contributed by atoms with van der Waals surface area (Å²) >= 11 is 1.72. The van der Waals surface area contributed by atoms with Crippen LogP contribution in [0.3, 0.4) is 0 Å². The molecule has 6 heteroatoms. The smallest absolute Gasteiger partial charge is 0.317 e. The average Bonchev–Trinajstić information content (AvgIpc) is 2.46. The molecule has 21 heavy (non-hydrogen) atoms. The molecular weight excluding hydrogens is 288 g/mol. The molecule has 1 aliphatic heterocycles. The highest BCUT2D eigenvalue weighted by atomic mass is 32.2. The third-order valence-electron chi connectivity index (χ3n) is 3.06. The van der Waals surface area contributed by atoms with Crippen LogP contribution in [-0.4, -0.2) is 53.8 Å². The first-order valence-corrected chi connectivity index (χ1v) is 7.50. The van der Waals surface area contributed by atoms with Crippen molar-refractivity contribution >= 4 is 29.3 Å². The van der Waals surface area contributed by atoms with Crippen LogP contribution in [0.15, 0.2) is 29.2 Å². The van der Waals surface area contributed by atoms with E-state index in [2.05, 4.69) is 5.92 Å². The summed E-state index contributed by atoms with van der Waals surface area (Å²) in [6.45, 7) is 0.537. The number of anilines is 1. The van der Waals surface area contributed by atoms with Crippen LogP contribution in [0, 0.1) is 12.3 Å². The Bertz CT molecular complexity index is 583. The molecule has 0 spiro atoms. The van der Waals surface area contributed by atoms with E-state index in [-0.39, 0.29) is 25.5 Å². The Balaban J connectivity index is 2.10. The molecule has 0 aromatic heterocycles. The number of para-hydroxylation sites is 1. The zero-order valence-corrected chi connectivity index (χ0v) is 12.3. The summed E-state index contributed by atoms with van der Waals surface area (Å²) in [5, 5.41) is 8.85. The zero-order valence-electron chi connectivity index (χ0n) is 11.5. The van der Waals surface area contributed by atoms with E-state index in [1.807, 2.05) is 24.3 Å². The number of benzene rings is 1. The van der Waals surface area contributed by atoms with Crippen LogP contribution in [-0.2, 0) is 9.59 Å². The van der Waals surface area contributed by atoms with Gasteiger partial charge in [0.15, 0.2) is 0 Å². The highest BCUT2D eigenvalue weighted by molar-refractivity contribution is 7.99. The Labute approximate surface area is 127 Å². The molecule has 0 fully saturated rings. The highest BCUT2D eigenvalue weighted by Gasteiger charge is 2.24. The first-order chi connectivity index (χ1) is 10.1. The van der Waals surface area contributed by atoms with Crippen LogP contribution in [0.1, 0.15) is 0 Å². The third kappa shape index (κ3) is 4.00. The number of amides is 1. The van der Waals surface area contributed by atoms with Crippen molar-refractivity contribution < 1.29 is 14.7 Å². The lowest BCUT2D eigenvalue weighted by molar-refractivity contribution is -0.138. The van der Waals surface area contributed by atoms with E-state index >= 15 is 0 Å². The van der Waals surface area contributed by atoms with E-state index in [1.165, 1.54) is 4.90 Å². The molecule has 0 bridgehead atoms. The van der Waals surface area contributed by atoms with Crippen LogP contribution >= 0.6 is 11.8 Å². The van der Waals surface area contributed by atoms with E-state index in [9.17, 15) is 9.59 Å². The van der Waals surface area contributed by atoms with Crippen molar-refractivity contribution in [1.82, 2.24) is 4.90 Å². The second kappa shape index (κ2) is 7.16. The van der Waals surface area contributed by atoms with E-state index < -0.39 is 5.97 Å². The molecule has 5 nitrogen and oxygen atoms in total. The third-order valence-corrected chi connectivity index (χ3v) is 4.11. The second-order valence-corrected chi connectivity index (χ2v) is 5.74. The normalized spacial score (nSPS) is 13.6. The van der Waals surface area contributed by atoms with Gasteiger partial charge < -0.3 is 10.0 Å². The number of aliphatic carboxylic acids is 1. The molecule has 1 aromatic carbocycles. The number of terminal acetylenes is 1. The maximum Gasteiger partial charge on any atom is 0.317 e. The lowest BCUT2D eigenvalue weighted by Gasteiger charge is -2.30. The van der Waals surface area contributed by atoms with Crippen LogP contribution in [0.2, 0.25) is 0 Å². The molecule has 1 N–H and O–H groups in total. The lowest BCUT2D eigenvalue weighted by atomic mass is 10.2. The van der Waals surface area contributed by atoms with Gasteiger partial charge in [-0.1, -0.05) is 18.1 Å². The molecule has 1 heterocycles. The maximum atomic E-state index is 12.4. The van der Waals surface area contributed by atoms with Gasteiger partial charge in [-0.2, -0.15) is 0 Å². The molecule has 0 saturated carbocycles. The SMILES string of the molecule is C#CCN(CC(=O)O)CC(=O)N1CCSc2ccccc21. The monoisotopic (exact) mass is 304 g/mol. The molecule has 0 radical (unpaired) electrons. The highest BCUT2D eigenvalue weighted by Crippen LogP contribution is 2.34. The van der Waals surface area contributed by atoms with Gasteiger partial charge in [-0.25, -0.2) is 0 Å². The zero-order chi connectivity index (χ0) is 15.2. The molecule has 0 saturated heterocycles. The molecule has 1 aliphatic rings. The number of thioether (sulfide) groups is 1. The maximum absolute atomic E-state index is 12.4. The molecule has 0 atom stereocenters. The van der Waals surface area contributed by atoms with Gasteiger partial charge >= 0.3 is 5.97 Å². The summed E-state index contributed by atoms with van der Waals surface area (Å²) in [6, 6.07) is 7.72. The van der Waals surface area contributed by atoms with Gasteiger partial charge in [0.2, 0.25) is 5.91 Å². The summed E-state index contributed by atoms with van der Waals surface area (Å²) in [5.74, 6) is 2.10. The number of rotatable bonds is 5. The van der Waals surface area contributed by atoms with Crippen LogP contribution in [0.5, 0.6) is 0 Å². The standard InChI is InChI=1S/C15H16N2O3S/c1-2-7-16(11-15(19)20)10-14(18)17-8-9-21-13-6-4-3-5-12(13)17/h1,3-6H,7-11H2,(H,19,20). The number of carboxylic acids is 1. The van der Waals surface area contributed by atoms with Crippen molar-refractivity contribution in [2.45, 2.75) is 4.90 Å². The van der Waals surface area contributed by atoms with E-state index in [0.717, 1.165) is 16.3 Å². The minimum Gasteiger partial charge on any atom is -0.480 e. The van der Waals surface area contributed by atoms with Gasteiger partial charge in [-0.05, 0) is 12.1 Å². The van der Waals surface area contributed by atoms with Crippen molar-refractivity contribution in [1.29, 1.82) is 0 Å². The van der Waals surface area contributed by atoms with E-state index in [0.29, 0.717) is 6.54 Å². The summed E-state index contributed by atoms with van der Waals surface area (Å²) in [4.78, 5) is 27.5. The van der Waals surface area contributed by atoms with Crippen molar-refractivity contribution in [2.24, 2.45) is 0 Å². The van der Waals surface area contributed by atoms with Gasteiger partial charge in [-0.15, -0.1) is 18.2 Å². The molecule has 0 unspecified atom stereocenters. The molecule has 2 rings (SSSR count). The summed E-state index contributed by atoms with van der Waals surface area (Å²) in [5.41, 5.74) is 0.884. The fourth-order valence-corrected chi connectivity index (χ4v) is 3.19. The van der Waals surface area contributed by atoms with Crippen molar-refractivity contribution in [3.63, 3.8) is 0 Å². The fraction of sp³-hybridized carbons (Fsp3) is 0.333. The Morgan fingerprint density at radius 2 is 2.14 bits per heavy atom. The van der Waals surface area contributed by atoms with E-state index in [1.54, 1.807) is 16.7 Å². The van der Waals surface area contributed by atoms with Gasteiger partial charge in [0.05, 0.1) is 25.3 Å². The Morgan fingerprint density at radius 1 is 1.38 bits per heavy atom. The molecule has 110 valence electrons. The average molecular weight is 304 g/mol. The first-order valence-electron chi connectivity index (χ1n) is 6.51. The first kappa shape index (κ1) is 15.4. The molecular formula is C15H16N2O3S. The largest absolute Gasteiger partial charge is 0.480 e. The van der Waals surface area contributed by atoms with Crippen LogP contribution in [0.4, 0.5) is 5.69 Å². The number of carbonyl (C=O) groups is 2. The van der Waals surface area contributed by atoms with Gasteiger partial charge in [0, 0.05) is 17.2 Å². The molecule has 0 aliphatic carbocycles. The van der Waals surface area contributed by atoms with Crippen LogP contribution < -0.4 is 4.90 Å². The predicted octanol–water partition coefficient (Wildman–Crippen LogP) is 1.15.